The van der Waals surface area contributed by atoms with E-state index in [0.717, 1.165) is 6.07 Å². The first-order chi connectivity index (χ1) is 9.58. The molecule has 0 aliphatic heterocycles. The van der Waals surface area contributed by atoms with Gasteiger partial charge in [0, 0.05) is 5.56 Å². The molecule has 20 heavy (non-hydrogen) atoms. The summed E-state index contributed by atoms with van der Waals surface area (Å²) in [4.78, 5) is 0. The fraction of sp³-hybridized carbons (Fsp3) is 0.200. The lowest BCUT2D eigenvalue weighted by molar-refractivity contribution is 0.203. The van der Waals surface area contributed by atoms with Crippen molar-refractivity contribution in [3.63, 3.8) is 0 Å². The molecule has 0 spiro atoms. The lowest BCUT2D eigenvalue weighted by Gasteiger charge is -2.18. The molecule has 0 heterocycles. The van der Waals surface area contributed by atoms with E-state index in [2.05, 4.69) is 0 Å². The Balaban J connectivity index is 2.57. The van der Waals surface area contributed by atoms with Crippen molar-refractivity contribution in [3.05, 3.63) is 59.2 Å². The van der Waals surface area contributed by atoms with Gasteiger partial charge in [-0.1, -0.05) is 6.07 Å². The van der Waals surface area contributed by atoms with Crippen molar-refractivity contribution in [2.45, 2.75) is 6.10 Å². The quantitative estimate of drug-likeness (QED) is 0.935. The van der Waals surface area contributed by atoms with Gasteiger partial charge >= 0.3 is 0 Å². The number of hydrogen-bond donors (Lipinski definition) is 1. The molecule has 0 bridgehead atoms. The highest BCUT2D eigenvalue weighted by atomic mass is 19.1. The SMILES string of the molecule is COc1ccc(F)cc1C(O)c1c(F)cccc1OC. The first-order valence-electron chi connectivity index (χ1n) is 5.92. The number of rotatable bonds is 4. The Morgan fingerprint density at radius 3 is 2.35 bits per heavy atom. The molecule has 1 N–H and O–H groups in total. The largest absolute Gasteiger partial charge is 0.496 e. The van der Waals surface area contributed by atoms with Crippen molar-refractivity contribution in [3.8, 4) is 11.5 Å². The fourth-order valence-electron chi connectivity index (χ4n) is 2.03. The highest BCUT2D eigenvalue weighted by molar-refractivity contribution is 5.46. The molecule has 0 saturated carbocycles. The highest BCUT2D eigenvalue weighted by Gasteiger charge is 2.23. The van der Waals surface area contributed by atoms with Gasteiger partial charge < -0.3 is 14.6 Å². The molecule has 0 amide bonds. The third-order valence-electron chi connectivity index (χ3n) is 2.99. The van der Waals surface area contributed by atoms with Crippen LogP contribution in [0.5, 0.6) is 11.5 Å². The first-order valence-corrected chi connectivity index (χ1v) is 5.92. The molecule has 1 unspecified atom stereocenters. The van der Waals surface area contributed by atoms with Crippen LogP contribution < -0.4 is 9.47 Å². The first kappa shape index (κ1) is 14.3. The van der Waals surface area contributed by atoms with E-state index in [9.17, 15) is 13.9 Å². The van der Waals surface area contributed by atoms with Gasteiger partial charge in [0.25, 0.3) is 0 Å². The summed E-state index contributed by atoms with van der Waals surface area (Å²) in [5.74, 6) is -0.730. The number of aliphatic hydroxyl groups is 1. The predicted octanol–water partition coefficient (Wildman–Crippen LogP) is 3.06. The van der Waals surface area contributed by atoms with Crippen LogP contribution in [0.4, 0.5) is 8.78 Å². The zero-order valence-electron chi connectivity index (χ0n) is 11.1. The average molecular weight is 280 g/mol. The second-order valence-electron chi connectivity index (χ2n) is 4.14. The molecule has 0 radical (unpaired) electrons. The van der Waals surface area contributed by atoms with Crippen molar-refractivity contribution in [1.82, 2.24) is 0 Å². The van der Waals surface area contributed by atoms with Crippen LogP contribution in [0.2, 0.25) is 0 Å². The lowest BCUT2D eigenvalue weighted by atomic mass is 9.99. The Morgan fingerprint density at radius 2 is 1.70 bits per heavy atom. The number of methoxy groups -OCH3 is 2. The van der Waals surface area contributed by atoms with E-state index in [0.29, 0.717) is 0 Å². The molecule has 0 aliphatic carbocycles. The number of ether oxygens (including phenoxy) is 2. The molecular weight excluding hydrogens is 266 g/mol. The van der Waals surface area contributed by atoms with E-state index >= 15 is 0 Å². The molecule has 0 aromatic heterocycles. The number of benzene rings is 2. The van der Waals surface area contributed by atoms with Gasteiger partial charge in [0.15, 0.2) is 0 Å². The summed E-state index contributed by atoms with van der Waals surface area (Å²) in [5.41, 5.74) is 0.0785. The molecule has 0 saturated heterocycles. The van der Waals surface area contributed by atoms with Crippen LogP contribution in [-0.2, 0) is 0 Å². The summed E-state index contributed by atoms with van der Waals surface area (Å²) in [5, 5.41) is 10.4. The van der Waals surface area contributed by atoms with Crippen molar-refractivity contribution < 1.29 is 23.4 Å². The fourth-order valence-corrected chi connectivity index (χ4v) is 2.03. The third-order valence-corrected chi connectivity index (χ3v) is 2.99. The van der Waals surface area contributed by atoms with Gasteiger partial charge in [-0.25, -0.2) is 8.78 Å². The van der Waals surface area contributed by atoms with Crippen LogP contribution in [0.3, 0.4) is 0 Å². The van der Waals surface area contributed by atoms with E-state index in [1.54, 1.807) is 0 Å². The Kier molecular flexibility index (Phi) is 4.20. The maximum absolute atomic E-state index is 13.9. The molecule has 106 valence electrons. The van der Waals surface area contributed by atoms with E-state index in [1.807, 2.05) is 0 Å². The van der Waals surface area contributed by atoms with Crippen LogP contribution in [-0.4, -0.2) is 19.3 Å². The second-order valence-corrected chi connectivity index (χ2v) is 4.14. The molecule has 1 atom stereocenters. The standard InChI is InChI=1S/C15H14F2O3/c1-19-12-7-6-9(16)8-10(12)15(18)14-11(17)4-3-5-13(14)20-2/h3-8,15,18H,1-2H3. The molecule has 2 aromatic rings. The number of aliphatic hydroxyl groups excluding tert-OH is 1. The minimum absolute atomic E-state index is 0.0566. The Hall–Kier alpha value is -2.14. The molecular formula is C15H14F2O3. The van der Waals surface area contributed by atoms with Gasteiger partial charge in [-0.2, -0.15) is 0 Å². The third kappa shape index (κ3) is 2.58. The molecule has 0 aliphatic rings. The van der Waals surface area contributed by atoms with Crippen molar-refractivity contribution >= 4 is 0 Å². The second kappa shape index (κ2) is 5.88. The molecule has 2 aromatic carbocycles. The van der Waals surface area contributed by atoms with Crippen LogP contribution >= 0.6 is 0 Å². The smallest absolute Gasteiger partial charge is 0.133 e. The Bertz CT molecular complexity index is 614. The number of hydrogen-bond acceptors (Lipinski definition) is 3. The zero-order chi connectivity index (χ0) is 14.7. The van der Waals surface area contributed by atoms with Crippen LogP contribution in [0.1, 0.15) is 17.2 Å². The zero-order valence-corrected chi connectivity index (χ0v) is 11.1. The monoisotopic (exact) mass is 280 g/mol. The maximum atomic E-state index is 13.9. The Morgan fingerprint density at radius 1 is 1.00 bits per heavy atom. The van der Waals surface area contributed by atoms with Crippen LogP contribution in [0, 0.1) is 11.6 Å². The van der Waals surface area contributed by atoms with E-state index in [-0.39, 0.29) is 22.6 Å². The van der Waals surface area contributed by atoms with Crippen molar-refractivity contribution in [2.75, 3.05) is 14.2 Å². The van der Waals surface area contributed by atoms with E-state index in [4.69, 9.17) is 9.47 Å². The number of halogens is 2. The van der Waals surface area contributed by atoms with E-state index in [1.165, 1.54) is 44.6 Å². The minimum atomic E-state index is -1.39. The van der Waals surface area contributed by atoms with Gasteiger partial charge in [0.1, 0.15) is 29.2 Å². The van der Waals surface area contributed by atoms with Crippen LogP contribution in [0.15, 0.2) is 36.4 Å². The summed E-state index contributed by atoms with van der Waals surface area (Å²) in [6.07, 6.45) is -1.39. The Labute approximate surface area is 115 Å². The summed E-state index contributed by atoms with van der Waals surface area (Å²) in [6, 6.07) is 7.87. The van der Waals surface area contributed by atoms with Crippen LogP contribution in [0.25, 0.3) is 0 Å². The summed E-state index contributed by atoms with van der Waals surface area (Å²) < 4.78 is 37.4. The topological polar surface area (TPSA) is 38.7 Å². The molecule has 3 nitrogen and oxygen atoms in total. The molecule has 5 heteroatoms. The van der Waals surface area contributed by atoms with Gasteiger partial charge in [0.05, 0.1) is 19.8 Å². The van der Waals surface area contributed by atoms with Crippen molar-refractivity contribution in [1.29, 1.82) is 0 Å². The van der Waals surface area contributed by atoms with Gasteiger partial charge in [-0.3, -0.25) is 0 Å². The molecule has 2 rings (SSSR count). The van der Waals surface area contributed by atoms with E-state index < -0.39 is 17.7 Å². The predicted molar refractivity (Wildman–Crippen MR) is 70.0 cm³/mol. The normalized spacial score (nSPS) is 12.1. The summed E-state index contributed by atoms with van der Waals surface area (Å²) in [6.45, 7) is 0. The maximum Gasteiger partial charge on any atom is 0.133 e. The van der Waals surface area contributed by atoms with Gasteiger partial charge in [-0.15, -0.1) is 0 Å². The molecule has 0 fully saturated rings. The van der Waals surface area contributed by atoms with Crippen molar-refractivity contribution in [2.24, 2.45) is 0 Å². The lowest BCUT2D eigenvalue weighted by Crippen LogP contribution is -2.07. The minimum Gasteiger partial charge on any atom is -0.496 e. The summed E-state index contributed by atoms with van der Waals surface area (Å²) in [7, 11) is 2.76. The van der Waals surface area contributed by atoms with Gasteiger partial charge in [0.2, 0.25) is 0 Å². The summed E-state index contributed by atoms with van der Waals surface area (Å²) >= 11 is 0. The average Bonchev–Trinajstić information content (AvgIpc) is 2.46. The highest BCUT2D eigenvalue weighted by Crippen LogP contribution is 2.36. The van der Waals surface area contributed by atoms with Gasteiger partial charge in [-0.05, 0) is 30.3 Å².